The molecule has 1 heterocycles. The Hall–Kier alpha value is -7.79. The van der Waals surface area contributed by atoms with Gasteiger partial charge < -0.3 is 14.7 Å². The van der Waals surface area contributed by atoms with Gasteiger partial charge in [0.05, 0.1) is 60.5 Å². The number of rotatable bonds is 11. The van der Waals surface area contributed by atoms with Crippen LogP contribution < -0.4 is 35.4 Å². The summed E-state index contributed by atoms with van der Waals surface area (Å²) in [6.45, 7) is 29.3. The van der Waals surface area contributed by atoms with Crippen LogP contribution >= 0.6 is 0 Å². The molecule has 2 aliphatic rings. The molecule has 0 radical (unpaired) electrons. The van der Waals surface area contributed by atoms with E-state index in [2.05, 4.69) is 330 Å². The highest BCUT2D eigenvalue weighted by Crippen LogP contribution is 2.67. The van der Waals surface area contributed by atoms with E-state index in [1.54, 1.807) is 0 Å². The lowest BCUT2D eigenvalue weighted by atomic mass is 9.64. The number of anilines is 9. The predicted octanol–water partition coefficient (Wildman–Crippen LogP) is 19.3. The van der Waals surface area contributed by atoms with Crippen LogP contribution in [0.1, 0.15) is 22.3 Å². The van der Waals surface area contributed by atoms with Crippen LogP contribution in [0, 0.1) is 0 Å². The van der Waals surface area contributed by atoms with Gasteiger partial charge in [0.25, 0.3) is 0 Å². The Morgan fingerprint density at radius 1 is 0.280 bits per heavy atom. The molecule has 11 aromatic rings. The molecule has 3 nitrogen and oxygen atoms in total. The van der Waals surface area contributed by atoms with Crippen molar-refractivity contribution in [1.29, 1.82) is 0 Å². The number of nitrogens with zero attached hydrogens (tertiary/aromatic N) is 3. The molecule has 7 heteroatoms. The largest absolute Gasteiger partial charge is 0.310 e. The molecular weight excluding hydrogens is 1060 g/mol. The summed E-state index contributed by atoms with van der Waals surface area (Å²) in [7, 11) is -6.46. The van der Waals surface area contributed by atoms with Crippen LogP contribution in [0.25, 0.3) is 32.7 Å². The molecule has 0 N–H and O–H groups in total. The first-order valence-electron chi connectivity index (χ1n) is 29.4. The number of fused-ring (bicyclic) bond motifs is 13. The van der Waals surface area contributed by atoms with Crippen LogP contribution in [0.4, 0.5) is 51.2 Å². The van der Waals surface area contributed by atoms with E-state index in [0.29, 0.717) is 0 Å². The van der Waals surface area contributed by atoms with E-state index in [-0.39, 0.29) is 0 Å². The van der Waals surface area contributed by atoms with Gasteiger partial charge in [0.15, 0.2) is 0 Å². The Labute approximate surface area is 491 Å². The second kappa shape index (κ2) is 19.7. The van der Waals surface area contributed by atoms with E-state index in [9.17, 15) is 0 Å². The first kappa shape index (κ1) is 53.5. The van der Waals surface area contributed by atoms with Gasteiger partial charge in [-0.25, -0.2) is 0 Å². The molecule has 11 aromatic carbocycles. The maximum Gasteiger partial charge on any atom is 0.0775 e. The zero-order valence-corrected chi connectivity index (χ0v) is 53.9. The van der Waals surface area contributed by atoms with E-state index in [1.165, 1.54) is 98.4 Å². The highest BCUT2D eigenvalue weighted by molar-refractivity contribution is 6.90. The monoisotopic (exact) mass is 1130 g/mol. The predicted molar refractivity (Wildman–Crippen MR) is 368 cm³/mol. The molecule has 0 atom stereocenters. The third kappa shape index (κ3) is 8.78. The van der Waals surface area contributed by atoms with Crippen molar-refractivity contribution in [1.82, 2.24) is 0 Å². The first-order chi connectivity index (χ1) is 39.2. The molecule has 1 spiro atoms. The zero-order chi connectivity index (χ0) is 57.1. The van der Waals surface area contributed by atoms with E-state index >= 15 is 0 Å². The molecule has 13 rings (SSSR count). The van der Waals surface area contributed by atoms with Crippen LogP contribution in [-0.4, -0.2) is 32.3 Å². The van der Waals surface area contributed by atoms with Crippen LogP contribution in [0.3, 0.4) is 0 Å². The summed E-state index contributed by atoms with van der Waals surface area (Å²) in [5, 5.41) is 10.7. The normalized spacial score (nSPS) is 13.7. The van der Waals surface area contributed by atoms with Crippen LogP contribution in [0.15, 0.2) is 237 Å². The molecule has 0 fully saturated rings. The van der Waals surface area contributed by atoms with Crippen molar-refractivity contribution in [3.8, 4) is 11.1 Å². The van der Waals surface area contributed by atoms with Crippen molar-refractivity contribution < 1.29 is 0 Å². The fourth-order valence-corrected chi connectivity index (χ4v) is 18.0. The molecule has 0 saturated carbocycles. The third-order valence-corrected chi connectivity index (χ3v) is 25.9. The number of hydrogen-bond acceptors (Lipinski definition) is 3. The smallest absolute Gasteiger partial charge is 0.0775 e. The zero-order valence-electron chi connectivity index (χ0n) is 49.9. The molecule has 0 amide bonds. The summed E-state index contributed by atoms with van der Waals surface area (Å²) in [4.78, 5) is 7.64. The lowest BCUT2D eigenvalue weighted by Crippen LogP contribution is -2.37. The molecule has 1 aliphatic carbocycles. The lowest BCUT2D eigenvalue weighted by molar-refractivity contribution is 0.753. The third-order valence-electron chi connectivity index (χ3n) is 17.7. The summed E-state index contributed by atoms with van der Waals surface area (Å²) in [6.07, 6.45) is 0. The van der Waals surface area contributed by atoms with Crippen molar-refractivity contribution in [2.75, 3.05) is 14.7 Å². The molecule has 1 aliphatic heterocycles. The summed E-state index contributed by atoms with van der Waals surface area (Å²) in [6, 6.07) is 91.7. The minimum atomic E-state index is -1.61. The summed E-state index contributed by atoms with van der Waals surface area (Å²) >= 11 is 0. The summed E-state index contributed by atoms with van der Waals surface area (Å²) in [5.74, 6) is 0. The molecule has 82 heavy (non-hydrogen) atoms. The van der Waals surface area contributed by atoms with Crippen LogP contribution in [-0.2, 0) is 5.41 Å². The Kier molecular flexibility index (Phi) is 12.9. The van der Waals surface area contributed by atoms with Crippen molar-refractivity contribution in [2.45, 2.75) is 84.0 Å². The first-order valence-corrected chi connectivity index (χ1v) is 43.4. The number of benzene rings is 11. The molecule has 0 unspecified atom stereocenters. The fraction of sp³-hybridized carbons (Fsp3) is 0.173. The molecular formula is C75H75N3Si4. The van der Waals surface area contributed by atoms with Crippen molar-refractivity contribution in [3.63, 3.8) is 0 Å². The van der Waals surface area contributed by atoms with Gasteiger partial charge >= 0.3 is 0 Å². The van der Waals surface area contributed by atoms with Gasteiger partial charge in [-0.1, -0.05) is 251 Å². The van der Waals surface area contributed by atoms with E-state index in [4.69, 9.17) is 0 Å². The van der Waals surface area contributed by atoms with Gasteiger partial charge in [0.1, 0.15) is 0 Å². The molecule has 0 saturated heterocycles. The Bertz CT molecular complexity index is 3870. The number of hydrogen-bond donors (Lipinski definition) is 0. The van der Waals surface area contributed by atoms with E-state index in [0.717, 1.165) is 28.4 Å². The molecule has 406 valence electrons. The average Bonchev–Trinajstić information content (AvgIpc) is 1.58. The van der Waals surface area contributed by atoms with Crippen molar-refractivity contribution in [2.24, 2.45) is 0 Å². The van der Waals surface area contributed by atoms with E-state index in [1.807, 2.05) is 0 Å². The highest BCUT2D eigenvalue weighted by atomic mass is 28.3. The maximum absolute atomic E-state index is 2.62. The highest BCUT2D eigenvalue weighted by Gasteiger charge is 2.53. The number of para-hydroxylation sites is 3. The van der Waals surface area contributed by atoms with Crippen LogP contribution in [0.2, 0.25) is 78.6 Å². The van der Waals surface area contributed by atoms with Gasteiger partial charge in [0.2, 0.25) is 0 Å². The van der Waals surface area contributed by atoms with E-state index < -0.39 is 37.7 Å². The second-order valence-corrected chi connectivity index (χ2v) is 47.4. The molecule has 0 bridgehead atoms. The van der Waals surface area contributed by atoms with Gasteiger partial charge in [-0.3, -0.25) is 0 Å². The van der Waals surface area contributed by atoms with Crippen molar-refractivity contribution >= 4 is 126 Å². The second-order valence-electron chi connectivity index (χ2n) is 27.0. The van der Waals surface area contributed by atoms with Gasteiger partial charge in [-0.05, 0) is 129 Å². The van der Waals surface area contributed by atoms with Crippen molar-refractivity contribution in [3.05, 3.63) is 259 Å². The minimum absolute atomic E-state index is 0.787. The lowest BCUT2D eigenvalue weighted by Gasteiger charge is -2.45. The fourth-order valence-electron chi connectivity index (χ4n) is 13.3. The summed E-state index contributed by atoms with van der Waals surface area (Å²) < 4.78 is 0. The molecule has 0 aromatic heterocycles. The maximum atomic E-state index is 2.62. The topological polar surface area (TPSA) is 9.72 Å². The Morgan fingerprint density at radius 3 is 0.878 bits per heavy atom. The Balaban J connectivity index is 1.19. The minimum Gasteiger partial charge on any atom is -0.310 e. The van der Waals surface area contributed by atoms with Gasteiger partial charge in [0, 0.05) is 39.2 Å². The quantitative estimate of drug-likeness (QED) is 0.120. The Morgan fingerprint density at radius 2 is 0.561 bits per heavy atom. The van der Waals surface area contributed by atoms with Crippen LogP contribution in [0.5, 0.6) is 0 Å². The standard InChI is InChI=1S/C75H75N3Si4/c1-79(2,3)57-42-34-53(35-43-57)76(54-36-44-58(45-37-54)80(4,5)6)71-50-67-73(63-28-18-16-26-61(63)71)74-64-29-19-17-27-62(64)72(77(55-38-46-59(47-39-55)81(7,8)9)56-40-48-60(49-41-56)82(10,11)12)51-68(74)75(67)65-30-20-22-32-69(65)78(52-24-14-13-15-25-52)70-33-23-21-31-66(70)75/h13-51H,1-12H3. The van der Waals surface area contributed by atoms with Gasteiger partial charge in [-0.2, -0.15) is 0 Å². The SMILES string of the molecule is C[Si](C)(C)c1ccc(N(c2ccc([Si](C)(C)C)cc2)c2cc3c(c4ccccc24)-c2c(cc(N(c4ccc([Si](C)(C)C)cc4)c4ccc([Si](C)(C)C)cc4)c4ccccc24)C32c3ccccc3N(c3ccccc3)c3ccccc32)cc1. The van der Waals surface area contributed by atoms with Gasteiger partial charge in [-0.15, -0.1) is 0 Å². The average molecular weight is 1130 g/mol. The summed E-state index contributed by atoms with van der Waals surface area (Å²) in [5.41, 5.74) is 17.3.